The molecule has 0 saturated heterocycles. The minimum Gasteiger partial charge on any atom is -0.393 e. The first kappa shape index (κ1) is 13.5. The van der Waals surface area contributed by atoms with Crippen molar-refractivity contribution in [2.45, 2.75) is 13.0 Å². The molecule has 20 heavy (non-hydrogen) atoms. The van der Waals surface area contributed by atoms with Gasteiger partial charge in [0.25, 0.3) is 5.91 Å². The van der Waals surface area contributed by atoms with Gasteiger partial charge in [-0.15, -0.1) is 0 Å². The van der Waals surface area contributed by atoms with Crippen LogP contribution in [0.5, 0.6) is 0 Å². The summed E-state index contributed by atoms with van der Waals surface area (Å²) < 4.78 is 0. The van der Waals surface area contributed by atoms with Crippen LogP contribution in [0.1, 0.15) is 28.9 Å². The van der Waals surface area contributed by atoms with Crippen molar-refractivity contribution >= 4 is 17.3 Å². The number of H-pyrrole nitrogens is 1. The summed E-state index contributed by atoms with van der Waals surface area (Å²) in [6.07, 6.45) is 3.21. The zero-order valence-corrected chi connectivity index (χ0v) is 10.7. The molecule has 0 fully saturated rings. The number of aromatic amines is 1. The molecule has 2 aromatic rings. The second-order valence-electron chi connectivity index (χ2n) is 4.23. The minimum absolute atomic E-state index is 0.0429. The average molecular weight is 275 g/mol. The predicted octanol–water partition coefficient (Wildman–Crippen LogP) is 1.39. The quantitative estimate of drug-likeness (QED) is 0.441. The number of rotatable bonds is 4. The number of hydrogen-bond donors (Lipinski definition) is 3. The van der Waals surface area contributed by atoms with E-state index in [1.165, 1.54) is 18.2 Å². The van der Waals surface area contributed by atoms with Gasteiger partial charge in [0.15, 0.2) is 0 Å². The van der Waals surface area contributed by atoms with Crippen LogP contribution in [0.15, 0.2) is 30.6 Å². The van der Waals surface area contributed by atoms with Crippen LogP contribution in [-0.2, 0) is 0 Å². The molecule has 104 valence electrons. The van der Waals surface area contributed by atoms with Crippen LogP contribution in [0.2, 0.25) is 0 Å². The summed E-state index contributed by atoms with van der Waals surface area (Å²) in [7, 11) is 0. The van der Waals surface area contributed by atoms with E-state index < -0.39 is 10.8 Å². The molecule has 1 amide bonds. The Morgan fingerprint density at radius 3 is 2.90 bits per heavy atom. The summed E-state index contributed by atoms with van der Waals surface area (Å²) >= 11 is 0. The third-order valence-corrected chi connectivity index (χ3v) is 2.86. The SMILES string of the molecule is CC(NC(=O)c1cccc(N)c1[N+](=O)[O-])c1cn[nH]c1. The van der Waals surface area contributed by atoms with Gasteiger partial charge in [0.05, 0.1) is 17.2 Å². The lowest BCUT2D eigenvalue weighted by atomic mass is 10.1. The van der Waals surface area contributed by atoms with E-state index in [0.29, 0.717) is 0 Å². The fourth-order valence-corrected chi connectivity index (χ4v) is 1.80. The lowest BCUT2D eigenvalue weighted by molar-refractivity contribution is -0.384. The number of nitro benzene ring substituents is 1. The molecule has 0 spiro atoms. The van der Waals surface area contributed by atoms with Gasteiger partial charge in [-0.05, 0) is 19.1 Å². The van der Waals surface area contributed by atoms with Crippen LogP contribution in [0.25, 0.3) is 0 Å². The summed E-state index contributed by atoms with van der Waals surface area (Å²) in [5.74, 6) is -0.558. The Bertz CT molecular complexity index is 639. The van der Waals surface area contributed by atoms with Gasteiger partial charge in [0, 0.05) is 11.8 Å². The first-order valence-corrected chi connectivity index (χ1v) is 5.83. The maximum Gasteiger partial charge on any atom is 0.304 e. The summed E-state index contributed by atoms with van der Waals surface area (Å²) in [5, 5.41) is 20.1. The topological polar surface area (TPSA) is 127 Å². The standard InChI is InChI=1S/C12H13N5O3/c1-7(8-5-14-15-6-8)16-12(18)9-3-2-4-10(13)11(9)17(19)20/h2-7H,13H2,1H3,(H,14,15)(H,16,18). The predicted molar refractivity (Wildman–Crippen MR) is 72.0 cm³/mol. The third kappa shape index (κ3) is 2.58. The summed E-state index contributed by atoms with van der Waals surface area (Å²) in [4.78, 5) is 22.5. The third-order valence-electron chi connectivity index (χ3n) is 2.86. The Balaban J connectivity index is 2.26. The maximum absolute atomic E-state index is 12.1. The van der Waals surface area contributed by atoms with Crippen molar-refractivity contribution in [3.05, 3.63) is 51.8 Å². The highest BCUT2D eigenvalue weighted by Crippen LogP contribution is 2.26. The van der Waals surface area contributed by atoms with E-state index in [1.807, 2.05) is 0 Å². The van der Waals surface area contributed by atoms with Gasteiger partial charge < -0.3 is 11.1 Å². The number of nitro groups is 1. The molecule has 1 unspecified atom stereocenters. The molecular formula is C12H13N5O3. The Kier molecular flexibility index (Phi) is 3.65. The summed E-state index contributed by atoms with van der Waals surface area (Å²) in [6, 6.07) is 3.92. The van der Waals surface area contributed by atoms with Crippen LogP contribution in [0.3, 0.4) is 0 Å². The van der Waals surface area contributed by atoms with E-state index in [4.69, 9.17) is 5.73 Å². The molecule has 4 N–H and O–H groups in total. The number of anilines is 1. The molecular weight excluding hydrogens is 262 g/mol. The molecule has 0 aliphatic rings. The van der Waals surface area contributed by atoms with Crippen molar-refractivity contribution in [1.29, 1.82) is 0 Å². The monoisotopic (exact) mass is 275 g/mol. The number of benzene rings is 1. The van der Waals surface area contributed by atoms with E-state index in [9.17, 15) is 14.9 Å². The maximum atomic E-state index is 12.1. The van der Waals surface area contributed by atoms with Crippen molar-refractivity contribution in [3.8, 4) is 0 Å². The molecule has 0 radical (unpaired) electrons. The van der Waals surface area contributed by atoms with Gasteiger partial charge in [0.2, 0.25) is 0 Å². The van der Waals surface area contributed by atoms with Crippen molar-refractivity contribution in [2.24, 2.45) is 0 Å². The van der Waals surface area contributed by atoms with E-state index >= 15 is 0 Å². The van der Waals surface area contributed by atoms with Crippen LogP contribution in [-0.4, -0.2) is 21.0 Å². The number of hydrogen-bond acceptors (Lipinski definition) is 5. The summed E-state index contributed by atoms with van der Waals surface area (Å²) in [5.41, 5.74) is 5.82. The van der Waals surface area contributed by atoms with Crippen molar-refractivity contribution in [2.75, 3.05) is 5.73 Å². The van der Waals surface area contributed by atoms with Crippen molar-refractivity contribution in [3.63, 3.8) is 0 Å². The Morgan fingerprint density at radius 1 is 1.55 bits per heavy atom. The molecule has 8 heteroatoms. The Hall–Kier alpha value is -2.90. The number of para-hydroxylation sites is 1. The van der Waals surface area contributed by atoms with Crippen molar-refractivity contribution < 1.29 is 9.72 Å². The normalized spacial score (nSPS) is 11.8. The number of aromatic nitrogens is 2. The summed E-state index contributed by atoms with van der Waals surface area (Å²) in [6.45, 7) is 1.75. The smallest absolute Gasteiger partial charge is 0.304 e. The highest BCUT2D eigenvalue weighted by atomic mass is 16.6. The number of nitrogens with two attached hydrogens (primary N) is 1. The molecule has 1 heterocycles. The van der Waals surface area contributed by atoms with Gasteiger partial charge in [-0.2, -0.15) is 5.10 Å². The molecule has 0 aliphatic heterocycles. The van der Waals surface area contributed by atoms with Crippen LogP contribution >= 0.6 is 0 Å². The zero-order valence-electron chi connectivity index (χ0n) is 10.7. The molecule has 1 aromatic carbocycles. The highest BCUT2D eigenvalue weighted by molar-refractivity contribution is 6.00. The van der Waals surface area contributed by atoms with E-state index in [0.717, 1.165) is 5.56 Å². The molecule has 0 bridgehead atoms. The largest absolute Gasteiger partial charge is 0.393 e. The van der Waals surface area contributed by atoms with Crippen molar-refractivity contribution in [1.82, 2.24) is 15.5 Å². The van der Waals surface area contributed by atoms with E-state index in [-0.39, 0.29) is 23.0 Å². The Morgan fingerprint density at radius 2 is 2.30 bits per heavy atom. The number of nitrogen functional groups attached to an aromatic ring is 1. The van der Waals surface area contributed by atoms with E-state index in [2.05, 4.69) is 15.5 Å². The Labute approximate surface area is 114 Å². The number of nitrogens with zero attached hydrogens (tertiary/aromatic N) is 2. The van der Waals surface area contributed by atoms with Crippen LogP contribution in [0, 0.1) is 10.1 Å². The molecule has 0 aliphatic carbocycles. The number of amides is 1. The number of nitrogens with one attached hydrogen (secondary N) is 2. The lowest BCUT2D eigenvalue weighted by Crippen LogP contribution is -2.27. The van der Waals surface area contributed by atoms with Gasteiger partial charge >= 0.3 is 5.69 Å². The molecule has 0 saturated carbocycles. The van der Waals surface area contributed by atoms with Gasteiger partial charge in [-0.1, -0.05) is 6.07 Å². The minimum atomic E-state index is -0.660. The zero-order chi connectivity index (χ0) is 14.7. The first-order valence-electron chi connectivity index (χ1n) is 5.83. The van der Waals surface area contributed by atoms with Gasteiger partial charge in [-0.25, -0.2) is 0 Å². The molecule has 1 aromatic heterocycles. The fourth-order valence-electron chi connectivity index (χ4n) is 1.80. The second kappa shape index (κ2) is 5.39. The lowest BCUT2D eigenvalue weighted by Gasteiger charge is -2.12. The molecule has 2 rings (SSSR count). The van der Waals surface area contributed by atoms with Crippen LogP contribution in [0.4, 0.5) is 11.4 Å². The highest BCUT2D eigenvalue weighted by Gasteiger charge is 2.24. The average Bonchev–Trinajstić information content (AvgIpc) is 2.91. The van der Waals surface area contributed by atoms with E-state index in [1.54, 1.807) is 19.3 Å². The number of carbonyl (C=O) groups excluding carboxylic acids is 1. The second-order valence-corrected chi connectivity index (χ2v) is 4.23. The fraction of sp³-hybridized carbons (Fsp3) is 0.167. The van der Waals surface area contributed by atoms with Gasteiger partial charge in [0.1, 0.15) is 11.3 Å². The van der Waals surface area contributed by atoms with Gasteiger partial charge in [-0.3, -0.25) is 20.0 Å². The molecule has 1 atom stereocenters. The van der Waals surface area contributed by atoms with Crippen LogP contribution < -0.4 is 11.1 Å². The molecule has 8 nitrogen and oxygen atoms in total. The number of carbonyl (C=O) groups is 1. The first-order chi connectivity index (χ1) is 9.50.